The summed E-state index contributed by atoms with van der Waals surface area (Å²) in [6.45, 7) is 3.48. The van der Waals surface area contributed by atoms with E-state index in [2.05, 4.69) is 15.5 Å². The predicted molar refractivity (Wildman–Crippen MR) is 83.2 cm³/mol. The van der Waals surface area contributed by atoms with Gasteiger partial charge in [0.05, 0.1) is 4.92 Å². The quantitative estimate of drug-likeness (QED) is 0.454. The second kappa shape index (κ2) is 7.54. The third-order valence-electron chi connectivity index (χ3n) is 3.69. The molecule has 1 unspecified atom stereocenters. The number of nitro groups is 1. The number of alkyl halides is 3. The topological polar surface area (TPSA) is 108 Å². The maximum atomic E-state index is 12.6. The van der Waals surface area contributed by atoms with E-state index in [0.29, 0.717) is 12.1 Å². The molecule has 0 aromatic carbocycles. The molecule has 1 atom stereocenters. The Hall–Kier alpha value is -2.92. The lowest BCUT2D eigenvalue weighted by atomic mass is 10.3. The van der Waals surface area contributed by atoms with Crippen molar-refractivity contribution in [3.63, 3.8) is 0 Å². The zero-order valence-corrected chi connectivity index (χ0v) is 14.0. The monoisotopic (exact) mass is 374 g/mol. The fraction of sp³-hybridized carbons (Fsp3) is 0.500. The number of amides is 1. The minimum atomic E-state index is -4.49. The molecule has 26 heavy (non-hydrogen) atoms. The number of nitrogens with zero attached hydrogens (tertiary/aromatic N) is 5. The molecule has 2 aromatic heterocycles. The summed E-state index contributed by atoms with van der Waals surface area (Å²) in [4.78, 5) is 22.0. The van der Waals surface area contributed by atoms with Crippen LogP contribution in [0.25, 0.3) is 0 Å². The zero-order valence-electron chi connectivity index (χ0n) is 14.0. The molecular weight excluding hydrogens is 357 g/mol. The number of carbonyl (C=O) groups excluding carboxylic acids is 1. The second-order valence-corrected chi connectivity index (χ2v) is 5.65. The van der Waals surface area contributed by atoms with Gasteiger partial charge in [0.2, 0.25) is 5.91 Å². The van der Waals surface area contributed by atoms with Gasteiger partial charge < -0.3 is 5.32 Å². The van der Waals surface area contributed by atoms with Crippen LogP contribution in [0.15, 0.2) is 18.5 Å². The van der Waals surface area contributed by atoms with Gasteiger partial charge in [-0.2, -0.15) is 23.4 Å². The highest BCUT2D eigenvalue weighted by molar-refractivity contribution is 5.79. The summed E-state index contributed by atoms with van der Waals surface area (Å²) in [6, 6.07) is 0.206. The highest BCUT2D eigenvalue weighted by atomic mass is 19.4. The molecule has 0 saturated heterocycles. The first-order valence-electron chi connectivity index (χ1n) is 7.67. The molecule has 0 aliphatic carbocycles. The smallest absolute Gasteiger partial charge is 0.354 e. The predicted octanol–water partition coefficient (Wildman–Crippen LogP) is 2.08. The van der Waals surface area contributed by atoms with Crippen molar-refractivity contribution in [2.24, 2.45) is 0 Å². The SMILES string of the molecule is Cc1cc(C(F)(F)F)nn1CCCNC(=O)C(C)n1cc([N+](=O)[O-])cn1. The maximum Gasteiger partial charge on any atom is 0.435 e. The lowest BCUT2D eigenvalue weighted by Gasteiger charge is -2.12. The van der Waals surface area contributed by atoms with E-state index in [9.17, 15) is 28.1 Å². The van der Waals surface area contributed by atoms with Crippen molar-refractivity contribution in [1.82, 2.24) is 24.9 Å². The summed E-state index contributed by atoms with van der Waals surface area (Å²) >= 11 is 0. The lowest BCUT2D eigenvalue weighted by Crippen LogP contribution is -2.32. The normalized spacial score (nSPS) is 12.8. The number of carbonyl (C=O) groups is 1. The Balaban J connectivity index is 1.83. The van der Waals surface area contributed by atoms with Crippen LogP contribution < -0.4 is 5.32 Å². The maximum absolute atomic E-state index is 12.6. The van der Waals surface area contributed by atoms with Crippen molar-refractivity contribution in [2.75, 3.05) is 6.54 Å². The van der Waals surface area contributed by atoms with Crippen LogP contribution in [0.3, 0.4) is 0 Å². The lowest BCUT2D eigenvalue weighted by molar-refractivity contribution is -0.385. The molecule has 9 nitrogen and oxygen atoms in total. The fourth-order valence-electron chi connectivity index (χ4n) is 2.22. The third kappa shape index (κ3) is 4.58. The Bertz CT molecular complexity index is 798. The molecule has 0 saturated carbocycles. The molecule has 0 aliphatic heterocycles. The number of hydrogen-bond acceptors (Lipinski definition) is 5. The van der Waals surface area contributed by atoms with E-state index < -0.39 is 28.7 Å². The second-order valence-electron chi connectivity index (χ2n) is 5.65. The number of aryl methyl sites for hydroxylation is 2. The van der Waals surface area contributed by atoms with Gasteiger partial charge >= 0.3 is 11.9 Å². The van der Waals surface area contributed by atoms with E-state index in [1.165, 1.54) is 23.2 Å². The third-order valence-corrected chi connectivity index (χ3v) is 3.69. The number of aromatic nitrogens is 4. The summed E-state index contributed by atoms with van der Waals surface area (Å²) in [7, 11) is 0. The Labute approximate surface area is 145 Å². The molecule has 0 aliphatic rings. The van der Waals surface area contributed by atoms with E-state index in [0.717, 1.165) is 18.5 Å². The van der Waals surface area contributed by atoms with Crippen LogP contribution in [0.2, 0.25) is 0 Å². The zero-order chi connectivity index (χ0) is 19.5. The van der Waals surface area contributed by atoms with Gasteiger partial charge in [-0.3, -0.25) is 24.3 Å². The number of rotatable bonds is 7. The summed E-state index contributed by atoms with van der Waals surface area (Å²) in [5.41, 5.74) is -0.798. The van der Waals surface area contributed by atoms with Crippen molar-refractivity contribution < 1.29 is 22.9 Å². The molecular formula is C14H17F3N6O3. The first kappa shape index (κ1) is 19.4. The van der Waals surface area contributed by atoms with Crippen molar-refractivity contribution in [2.45, 2.75) is 39.0 Å². The minimum absolute atomic E-state index is 0.212. The van der Waals surface area contributed by atoms with Gasteiger partial charge in [0.1, 0.15) is 18.4 Å². The van der Waals surface area contributed by atoms with Crippen molar-refractivity contribution in [3.05, 3.63) is 40.0 Å². The summed E-state index contributed by atoms with van der Waals surface area (Å²) in [5.74, 6) is -0.406. The van der Waals surface area contributed by atoms with Gasteiger partial charge in [-0.15, -0.1) is 0 Å². The molecule has 2 aromatic rings. The van der Waals surface area contributed by atoms with Crippen molar-refractivity contribution in [3.8, 4) is 0 Å². The molecule has 12 heteroatoms. The van der Waals surface area contributed by atoms with Crippen LogP contribution in [0.4, 0.5) is 18.9 Å². The van der Waals surface area contributed by atoms with Crippen LogP contribution in [0.1, 0.15) is 30.8 Å². The number of halogens is 3. The van der Waals surface area contributed by atoms with Crippen LogP contribution >= 0.6 is 0 Å². The average Bonchev–Trinajstić information content (AvgIpc) is 3.17. The Morgan fingerprint density at radius 3 is 2.69 bits per heavy atom. The first-order chi connectivity index (χ1) is 12.1. The van der Waals surface area contributed by atoms with E-state index in [1.54, 1.807) is 0 Å². The highest BCUT2D eigenvalue weighted by Gasteiger charge is 2.34. The summed E-state index contributed by atoms with van der Waals surface area (Å²) in [6.07, 6.45) is -1.93. The Morgan fingerprint density at radius 2 is 2.15 bits per heavy atom. The molecule has 2 rings (SSSR count). The van der Waals surface area contributed by atoms with Gasteiger partial charge in [-0.1, -0.05) is 0 Å². The largest absolute Gasteiger partial charge is 0.435 e. The molecule has 1 amide bonds. The van der Waals surface area contributed by atoms with E-state index in [-0.39, 0.29) is 18.8 Å². The van der Waals surface area contributed by atoms with Gasteiger partial charge in [-0.25, -0.2) is 0 Å². The molecule has 0 radical (unpaired) electrons. The van der Waals surface area contributed by atoms with Crippen molar-refractivity contribution >= 4 is 11.6 Å². The van der Waals surface area contributed by atoms with Gasteiger partial charge in [0, 0.05) is 18.8 Å². The highest BCUT2D eigenvalue weighted by Crippen LogP contribution is 2.28. The standard InChI is InChI=1S/C14H17F3N6O3/c1-9-6-12(14(15,16)17)20-21(9)5-3-4-18-13(24)10(2)22-8-11(7-19-22)23(25)26/h6-8,10H,3-5H2,1-2H3,(H,18,24). The van der Waals surface area contributed by atoms with Crippen molar-refractivity contribution in [1.29, 1.82) is 0 Å². The average molecular weight is 374 g/mol. The molecule has 0 spiro atoms. The van der Waals surface area contributed by atoms with Gasteiger partial charge in [0.25, 0.3) is 0 Å². The molecule has 0 bridgehead atoms. The van der Waals surface area contributed by atoms with E-state index >= 15 is 0 Å². The fourth-order valence-corrected chi connectivity index (χ4v) is 2.22. The van der Waals surface area contributed by atoms with Crippen LogP contribution in [0.5, 0.6) is 0 Å². The Kier molecular flexibility index (Phi) is 5.63. The van der Waals surface area contributed by atoms with E-state index in [1.807, 2.05) is 0 Å². The van der Waals surface area contributed by atoms with Crippen LogP contribution in [-0.4, -0.2) is 36.9 Å². The Morgan fingerprint density at radius 1 is 1.46 bits per heavy atom. The van der Waals surface area contributed by atoms with Crippen LogP contribution in [0, 0.1) is 17.0 Å². The molecule has 1 N–H and O–H groups in total. The minimum Gasteiger partial charge on any atom is -0.354 e. The molecule has 142 valence electrons. The summed E-state index contributed by atoms with van der Waals surface area (Å²) < 4.78 is 40.2. The van der Waals surface area contributed by atoms with E-state index in [4.69, 9.17) is 0 Å². The van der Waals surface area contributed by atoms with Crippen LogP contribution in [-0.2, 0) is 17.5 Å². The molecule has 2 heterocycles. The summed E-state index contributed by atoms with van der Waals surface area (Å²) in [5, 5.41) is 20.5. The molecule has 0 fully saturated rings. The van der Waals surface area contributed by atoms with Gasteiger partial charge in [0.15, 0.2) is 5.69 Å². The number of hydrogen-bond donors (Lipinski definition) is 1. The first-order valence-corrected chi connectivity index (χ1v) is 7.67. The van der Waals surface area contributed by atoms with Gasteiger partial charge in [-0.05, 0) is 26.3 Å². The number of nitrogens with one attached hydrogen (secondary N) is 1.